The maximum atomic E-state index is 12.7. The van der Waals surface area contributed by atoms with Crippen LogP contribution in [0, 0.1) is 0 Å². The number of nitrogens with one attached hydrogen (secondary N) is 2. The van der Waals surface area contributed by atoms with Crippen molar-refractivity contribution in [3.63, 3.8) is 0 Å². The molecule has 4 rings (SSSR count). The Balaban J connectivity index is 1.36. The first-order valence-corrected chi connectivity index (χ1v) is 11.4. The molecule has 10 nitrogen and oxygen atoms in total. The van der Waals surface area contributed by atoms with Crippen molar-refractivity contribution in [1.29, 1.82) is 0 Å². The molecule has 1 fully saturated rings. The number of nitrogens with zero attached hydrogens (tertiary/aromatic N) is 4. The maximum Gasteiger partial charge on any atom is 0.339 e. The highest BCUT2D eigenvalue weighted by Crippen LogP contribution is 2.22. The van der Waals surface area contributed by atoms with Gasteiger partial charge in [-0.25, -0.2) is 14.3 Å². The third-order valence-electron chi connectivity index (χ3n) is 5.65. The minimum Gasteiger partial charge on any atom is -0.465 e. The lowest BCUT2D eigenvalue weighted by molar-refractivity contribution is 0.0601. The number of fused-ring (bicyclic) bond motifs is 1. The van der Waals surface area contributed by atoms with Crippen LogP contribution in [0.3, 0.4) is 0 Å². The number of carbonyl (C=O) groups is 3. The van der Waals surface area contributed by atoms with E-state index in [0.717, 1.165) is 37.9 Å². The van der Waals surface area contributed by atoms with Crippen LogP contribution in [0.25, 0.3) is 11.0 Å². The summed E-state index contributed by atoms with van der Waals surface area (Å²) in [4.78, 5) is 38.9. The predicted molar refractivity (Wildman–Crippen MR) is 127 cm³/mol. The van der Waals surface area contributed by atoms with Crippen LogP contribution in [0.4, 0.5) is 10.5 Å². The number of halogens is 1. The fourth-order valence-electron chi connectivity index (χ4n) is 3.90. The zero-order valence-electron chi connectivity index (χ0n) is 18.7. The summed E-state index contributed by atoms with van der Waals surface area (Å²) >= 11 is 5.98. The van der Waals surface area contributed by atoms with Crippen LogP contribution >= 0.6 is 11.6 Å². The van der Waals surface area contributed by atoms with Gasteiger partial charge in [0.25, 0.3) is 5.91 Å². The molecular formula is C23H25ClN6O4. The topological polar surface area (TPSA) is 118 Å². The van der Waals surface area contributed by atoms with Crippen molar-refractivity contribution in [2.75, 3.05) is 32.1 Å². The molecule has 11 heteroatoms. The van der Waals surface area contributed by atoms with Gasteiger partial charge in [-0.1, -0.05) is 16.8 Å². The van der Waals surface area contributed by atoms with Gasteiger partial charge >= 0.3 is 12.0 Å². The molecule has 0 atom stereocenters. The molecule has 1 aliphatic rings. The normalized spacial score (nSPS) is 13.5. The highest BCUT2D eigenvalue weighted by molar-refractivity contribution is 6.31. The van der Waals surface area contributed by atoms with E-state index in [-0.39, 0.29) is 23.7 Å². The van der Waals surface area contributed by atoms with Crippen molar-refractivity contribution in [2.24, 2.45) is 0 Å². The Bertz CT molecular complexity index is 1220. The summed E-state index contributed by atoms with van der Waals surface area (Å²) in [5.41, 5.74) is 2.42. The number of anilines is 1. The average molecular weight is 485 g/mol. The number of ether oxygens (including phenoxy) is 1. The van der Waals surface area contributed by atoms with Gasteiger partial charge in [0.1, 0.15) is 5.52 Å². The zero-order valence-corrected chi connectivity index (χ0v) is 19.5. The Labute approximate surface area is 201 Å². The highest BCUT2D eigenvalue weighted by atomic mass is 35.5. The molecule has 3 amide bonds. The third-order valence-corrected chi connectivity index (χ3v) is 5.88. The van der Waals surface area contributed by atoms with Crippen molar-refractivity contribution in [2.45, 2.75) is 25.8 Å². The summed E-state index contributed by atoms with van der Waals surface area (Å²) in [6.45, 7) is 2.19. The van der Waals surface area contributed by atoms with Crippen LogP contribution in [-0.2, 0) is 11.3 Å². The Morgan fingerprint density at radius 1 is 1.09 bits per heavy atom. The first kappa shape index (κ1) is 23.5. The molecule has 2 heterocycles. The second-order valence-corrected chi connectivity index (χ2v) is 8.37. The van der Waals surface area contributed by atoms with Crippen molar-refractivity contribution in [3.8, 4) is 0 Å². The Morgan fingerprint density at radius 3 is 2.65 bits per heavy atom. The number of amides is 3. The van der Waals surface area contributed by atoms with Crippen LogP contribution in [0.15, 0.2) is 36.4 Å². The van der Waals surface area contributed by atoms with Gasteiger partial charge in [-0.15, -0.1) is 5.10 Å². The molecule has 0 radical (unpaired) electrons. The molecule has 0 aliphatic carbocycles. The van der Waals surface area contributed by atoms with Gasteiger partial charge < -0.3 is 20.3 Å². The number of piperidine rings is 1. The molecule has 0 spiro atoms. The lowest BCUT2D eigenvalue weighted by Gasteiger charge is -2.26. The molecular weight excluding hydrogens is 460 g/mol. The molecule has 1 aliphatic heterocycles. The summed E-state index contributed by atoms with van der Waals surface area (Å²) in [6.07, 6.45) is 3.23. The van der Waals surface area contributed by atoms with E-state index in [0.29, 0.717) is 22.6 Å². The smallest absolute Gasteiger partial charge is 0.339 e. The van der Waals surface area contributed by atoms with E-state index in [1.807, 2.05) is 11.0 Å². The number of methoxy groups -OCH3 is 1. The fraction of sp³-hybridized carbons (Fsp3) is 0.348. The predicted octanol–water partition coefficient (Wildman–Crippen LogP) is 3.32. The second kappa shape index (κ2) is 10.5. The number of aromatic nitrogens is 3. The standard InChI is InChI=1S/C23H25ClN6O4/c1-34-22(32)17-7-6-16(24)14-18(17)26-23(33)25-9-12-30-20-8-5-15(13-19(20)27-28-30)21(31)29-10-3-2-4-11-29/h5-8,13-14H,2-4,9-12H2,1H3,(H2,25,26,33). The average Bonchev–Trinajstić information content (AvgIpc) is 3.26. The third kappa shape index (κ3) is 5.28. The van der Waals surface area contributed by atoms with Crippen LogP contribution in [0.1, 0.15) is 40.0 Å². The van der Waals surface area contributed by atoms with E-state index in [9.17, 15) is 14.4 Å². The van der Waals surface area contributed by atoms with Crippen molar-refractivity contribution >= 4 is 46.2 Å². The molecule has 3 aromatic rings. The second-order valence-electron chi connectivity index (χ2n) is 7.93. The molecule has 2 N–H and O–H groups in total. The molecule has 0 bridgehead atoms. The van der Waals surface area contributed by atoms with E-state index >= 15 is 0 Å². The van der Waals surface area contributed by atoms with E-state index in [1.165, 1.54) is 25.3 Å². The van der Waals surface area contributed by atoms with Crippen LogP contribution < -0.4 is 10.6 Å². The van der Waals surface area contributed by atoms with Crippen molar-refractivity contribution in [1.82, 2.24) is 25.2 Å². The number of carbonyl (C=O) groups excluding carboxylic acids is 3. The first-order chi connectivity index (χ1) is 16.5. The molecule has 2 aromatic carbocycles. The van der Waals surface area contributed by atoms with E-state index in [4.69, 9.17) is 16.3 Å². The largest absolute Gasteiger partial charge is 0.465 e. The summed E-state index contributed by atoms with van der Waals surface area (Å²) in [5.74, 6) is -0.569. The molecule has 178 valence electrons. The number of urea groups is 1. The van der Waals surface area contributed by atoms with Crippen LogP contribution in [-0.4, -0.2) is 64.5 Å². The Kier molecular flexibility index (Phi) is 7.27. The van der Waals surface area contributed by atoms with Crippen molar-refractivity contribution in [3.05, 3.63) is 52.5 Å². The van der Waals surface area contributed by atoms with Crippen LogP contribution in [0.5, 0.6) is 0 Å². The summed E-state index contributed by atoms with van der Waals surface area (Å²) in [6, 6.07) is 9.35. The minimum absolute atomic E-state index is 0.0156. The lowest BCUT2D eigenvalue weighted by atomic mass is 10.1. The molecule has 34 heavy (non-hydrogen) atoms. The monoisotopic (exact) mass is 484 g/mol. The quantitative estimate of drug-likeness (QED) is 0.518. The van der Waals surface area contributed by atoms with Crippen LogP contribution in [0.2, 0.25) is 5.02 Å². The van der Waals surface area contributed by atoms with Gasteiger partial charge in [-0.3, -0.25) is 4.79 Å². The number of likely N-dealkylation sites (tertiary alicyclic amines) is 1. The Hall–Kier alpha value is -3.66. The molecule has 1 aromatic heterocycles. The van der Waals surface area contributed by atoms with E-state index < -0.39 is 12.0 Å². The van der Waals surface area contributed by atoms with E-state index in [2.05, 4.69) is 20.9 Å². The lowest BCUT2D eigenvalue weighted by Crippen LogP contribution is -2.35. The summed E-state index contributed by atoms with van der Waals surface area (Å²) in [5, 5.41) is 14.0. The SMILES string of the molecule is COC(=O)c1ccc(Cl)cc1NC(=O)NCCn1nnc2cc(C(=O)N3CCCCC3)ccc21. The number of esters is 1. The number of hydrogen-bond donors (Lipinski definition) is 2. The van der Waals surface area contributed by atoms with Gasteiger partial charge in [-0.05, 0) is 55.7 Å². The van der Waals surface area contributed by atoms with E-state index in [1.54, 1.807) is 16.8 Å². The van der Waals surface area contributed by atoms with Gasteiger partial charge in [0, 0.05) is 30.2 Å². The maximum absolute atomic E-state index is 12.7. The first-order valence-electron chi connectivity index (χ1n) is 11.0. The molecule has 0 saturated carbocycles. The van der Waals surface area contributed by atoms with Gasteiger partial charge in [0.05, 0.1) is 30.4 Å². The number of hydrogen-bond acceptors (Lipinski definition) is 6. The minimum atomic E-state index is -0.584. The van der Waals surface area contributed by atoms with Gasteiger partial charge in [-0.2, -0.15) is 0 Å². The molecule has 0 unspecified atom stereocenters. The Morgan fingerprint density at radius 2 is 1.88 bits per heavy atom. The summed E-state index contributed by atoms with van der Waals surface area (Å²) in [7, 11) is 1.26. The zero-order chi connectivity index (χ0) is 24.1. The van der Waals surface area contributed by atoms with Gasteiger partial charge in [0.15, 0.2) is 0 Å². The molecule has 1 saturated heterocycles. The fourth-order valence-corrected chi connectivity index (χ4v) is 4.07. The summed E-state index contributed by atoms with van der Waals surface area (Å²) < 4.78 is 6.39. The highest BCUT2D eigenvalue weighted by Gasteiger charge is 2.19. The van der Waals surface area contributed by atoms with Gasteiger partial charge in [0.2, 0.25) is 0 Å². The number of benzene rings is 2. The number of rotatable bonds is 6. The van der Waals surface area contributed by atoms with Crippen molar-refractivity contribution < 1.29 is 19.1 Å².